The molecule has 3 aromatic heterocycles. The lowest BCUT2D eigenvalue weighted by atomic mass is 9.58. The molecule has 6 bridgehead atoms. The van der Waals surface area contributed by atoms with Crippen LogP contribution in [0.1, 0.15) is 222 Å². The Morgan fingerprint density at radius 1 is 0.404 bits per heavy atom. The number of pyridine rings is 3. The van der Waals surface area contributed by atoms with E-state index in [4.69, 9.17) is 14.2 Å². The summed E-state index contributed by atoms with van der Waals surface area (Å²) in [4.78, 5) is 31.0. The Bertz CT molecular complexity index is 4400. The van der Waals surface area contributed by atoms with Gasteiger partial charge in [0.15, 0.2) is 0 Å². The van der Waals surface area contributed by atoms with Crippen LogP contribution in [0.2, 0.25) is 0 Å². The summed E-state index contributed by atoms with van der Waals surface area (Å²) in [5.41, 5.74) is 13.9. The van der Waals surface area contributed by atoms with Crippen molar-refractivity contribution in [2.45, 2.75) is 251 Å². The quantitative estimate of drug-likeness (QED) is 0.167. The van der Waals surface area contributed by atoms with E-state index in [1.807, 2.05) is 37.2 Å². The second kappa shape index (κ2) is 21.9. The van der Waals surface area contributed by atoms with Gasteiger partial charge >= 0.3 is 0 Å². The molecule has 510 valence electrons. The number of ether oxygens (including phenoxy) is 3. The van der Waals surface area contributed by atoms with E-state index in [9.17, 15) is 4.79 Å². The third-order valence-corrected chi connectivity index (χ3v) is 31.8. The highest BCUT2D eigenvalue weighted by Crippen LogP contribution is 2.73. The number of rotatable bonds is 5. The van der Waals surface area contributed by atoms with E-state index in [2.05, 4.69) is 155 Å². The third-order valence-electron chi connectivity index (χ3n) is 31.8. The minimum Gasteiger partial charge on any atom is -0.359 e. The first kappa shape index (κ1) is 61.5. The fourth-order valence-electron chi connectivity index (χ4n) is 26.6. The Balaban J connectivity index is 0.0000000977. The van der Waals surface area contributed by atoms with Gasteiger partial charge in [-0.15, -0.1) is 0 Å². The number of nitrogens with zero attached hydrogens (tertiary/aromatic N) is 5. The van der Waals surface area contributed by atoms with E-state index in [0.29, 0.717) is 54.1 Å². The fraction of sp³-hybridized carbons (Fsp3) is 0.556. The molecule has 6 spiro atoms. The summed E-state index contributed by atoms with van der Waals surface area (Å²) >= 11 is 0. The number of ketones is 1. The number of hydrogen-bond acceptors (Lipinski definition) is 9. The van der Waals surface area contributed by atoms with Gasteiger partial charge in [-0.1, -0.05) is 93.6 Å². The van der Waals surface area contributed by atoms with E-state index >= 15 is 0 Å². The van der Waals surface area contributed by atoms with Crippen molar-refractivity contribution in [2.24, 2.45) is 34.0 Å². The van der Waals surface area contributed by atoms with E-state index in [1.165, 1.54) is 215 Å². The van der Waals surface area contributed by atoms with Gasteiger partial charge in [0, 0.05) is 78.3 Å². The largest absolute Gasteiger partial charge is 0.359 e. The fourth-order valence-corrected chi connectivity index (χ4v) is 26.6. The summed E-state index contributed by atoms with van der Waals surface area (Å²) in [6.45, 7) is 12.9. The molecule has 9 aliphatic carbocycles. The van der Waals surface area contributed by atoms with Crippen LogP contribution in [0.15, 0.2) is 180 Å². The van der Waals surface area contributed by atoms with Gasteiger partial charge in [0.25, 0.3) is 0 Å². The van der Waals surface area contributed by atoms with Crippen molar-refractivity contribution in [1.82, 2.24) is 24.8 Å². The number of likely N-dealkylation sites (tertiary alicyclic amines) is 2. The normalized spacial score (nSPS) is 42.2. The molecule has 3 unspecified atom stereocenters. The Labute approximate surface area is 586 Å². The third kappa shape index (κ3) is 8.81. The predicted molar refractivity (Wildman–Crippen MR) is 392 cm³/mol. The van der Waals surface area contributed by atoms with Crippen LogP contribution in [0.5, 0.6) is 0 Å². The molecule has 9 heteroatoms. The summed E-state index contributed by atoms with van der Waals surface area (Å²) in [5.74, 6) is 3.87. The lowest BCUT2D eigenvalue weighted by Gasteiger charge is -2.55. The maximum Gasteiger partial charge on any atom is 0.136 e. The van der Waals surface area contributed by atoms with Crippen molar-refractivity contribution in [3.05, 3.63) is 197 Å². The zero-order valence-electron chi connectivity index (χ0n) is 59.1. The van der Waals surface area contributed by atoms with Gasteiger partial charge in [0.1, 0.15) is 5.78 Å². The SMILES string of the molecule is C[C@]12CC=C3C=C4CCC(=O)C[C@]45CCC3(O5)[C@@H]1CC[C@@H]2c1ccc2ccncc2c1.C[C@]12CC=C3C=C4CC[C@@H](N5CCC5)C[C@]45CCC3(O5)[C@@H]1CC[C@@H]2c1ccc2ccncc2c1.C[C@]12CC=C3C=C4CC[C@H](N5CCC5)C[C@]45CCC3(O5)[C@@H]1CC[C@@H]2c1ccc2ccncc2c1. The Hall–Kier alpha value is -6.20. The number of carbonyl (C=O) groups excluding carboxylic acids is 1. The standard InChI is InChI=1S/2C31H36N2O.C28H29NO2/c2*1-29-11-9-25-18-24-5-6-26(33-15-2-16-33)19-30(24)12-13-31(25,34-30)28(29)8-7-27(29)22-4-3-21-10-14-32-20-23(21)17-22;1-26-10-8-22-15-21-4-5-23(30)16-27(21)11-12-28(22,31-27)25(26)7-6-24(26)19-3-2-18-9-13-29-17-20(18)14-19/h2*3-4,9-10,14,17-18,20,26-28H,2,5-8,11-13,15-16,19H2,1H3;2-3,8-9,13-15,17,24-25H,4-7,10-12,16H2,1H3/t26-,27+,28+,29+,30+,31?;26-,27-,28-,29-,30-,31?;24-,25-,26-,27-,28?/m011/s1. The highest BCUT2D eigenvalue weighted by molar-refractivity contribution is 5.85. The van der Waals surface area contributed by atoms with E-state index in [1.54, 1.807) is 22.3 Å². The second-order valence-corrected chi connectivity index (χ2v) is 35.9. The van der Waals surface area contributed by atoms with Gasteiger partial charge in [-0.3, -0.25) is 19.7 Å². The molecule has 17 atom stereocenters. The van der Waals surface area contributed by atoms with Gasteiger partial charge in [-0.25, -0.2) is 0 Å². The highest BCUT2D eigenvalue weighted by atomic mass is 16.5. The van der Waals surface area contributed by atoms with Crippen LogP contribution in [-0.2, 0) is 19.0 Å². The lowest BCUT2D eigenvalue weighted by molar-refractivity contribution is -0.146. The van der Waals surface area contributed by atoms with Gasteiger partial charge in [-0.2, -0.15) is 0 Å². The molecule has 6 saturated carbocycles. The van der Waals surface area contributed by atoms with E-state index < -0.39 is 0 Å². The molecule has 17 aliphatic rings. The van der Waals surface area contributed by atoms with Gasteiger partial charge in [0.2, 0.25) is 0 Å². The van der Waals surface area contributed by atoms with Crippen molar-refractivity contribution in [3.63, 3.8) is 0 Å². The number of allylic oxidation sites excluding steroid dienone is 3. The topological polar surface area (TPSA) is 89.9 Å². The molecule has 23 rings (SSSR count). The average Bonchev–Trinajstić information content (AvgIpc) is 1.57. The molecule has 11 heterocycles. The monoisotopic (exact) mass is 1320 g/mol. The number of carbonyl (C=O) groups is 1. The Morgan fingerprint density at radius 2 is 0.778 bits per heavy atom. The van der Waals surface area contributed by atoms with Crippen molar-refractivity contribution in [1.29, 1.82) is 0 Å². The van der Waals surface area contributed by atoms with Gasteiger partial charge in [0.05, 0.1) is 33.6 Å². The number of benzene rings is 3. The molecule has 0 radical (unpaired) electrons. The van der Waals surface area contributed by atoms with Crippen molar-refractivity contribution >= 4 is 38.1 Å². The number of hydrogen-bond donors (Lipinski definition) is 0. The molecular formula is C90H101N5O4. The molecule has 6 aromatic rings. The smallest absolute Gasteiger partial charge is 0.136 e. The van der Waals surface area contributed by atoms with Crippen molar-refractivity contribution < 1.29 is 19.0 Å². The van der Waals surface area contributed by atoms with Gasteiger partial charge in [-0.05, 0) is 335 Å². The summed E-state index contributed by atoms with van der Waals surface area (Å²) in [7, 11) is 0. The van der Waals surface area contributed by atoms with Crippen LogP contribution in [0, 0.1) is 34.0 Å². The number of fused-ring (bicyclic) bond motifs is 6. The molecule has 9 nitrogen and oxygen atoms in total. The number of aromatic nitrogens is 3. The zero-order chi connectivity index (χ0) is 65.9. The van der Waals surface area contributed by atoms with Gasteiger partial charge < -0.3 is 24.0 Å². The molecule has 0 amide bonds. The van der Waals surface area contributed by atoms with Crippen LogP contribution in [0.3, 0.4) is 0 Å². The molecular weight excluding hydrogens is 1220 g/mol. The Morgan fingerprint density at radius 3 is 1.16 bits per heavy atom. The van der Waals surface area contributed by atoms with E-state index in [0.717, 1.165) is 37.8 Å². The average molecular weight is 1320 g/mol. The minimum atomic E-state index is -0.294. The maximum atomic E-state index is 12.4. The summed E-state index contributed by atoms with van der Waals surface area (Å²) in [6.07, 6.45) is 57.7. The van der Waals surface area contributed by atoms with Crippen LogP contribution in [-0.4, -0.2) is 102 Å². The van der Waals surface area contributed by atoms with E-state index in [-0.39, 0.29) is 49.9 Å². The first-order valence-corrected chi connectivity index (χ1v) is 39.6. The lowest BCUT2D eigenvalue weighted by Crippen LogP contribution is -2.56. The predicted octanol–water partition coefficient (Wildman–Crippen LogP) is 19.1. The molecule has 5 saturated heterocycles. The minimum absolute atomic E-state index is 0.0286. The first-order valence-electron chi connectivity index (χ1n) is 39.6. The molecule has 3 aromatic carbocycles. The van der Waals surface area contributed by atoms with Crippen molar-refractivity contribution in [2.75, 3.05) is 26.2 Å². The highest BCUT2D eigenvalue weighted by Gasteiger charge is 2.70. The summed E-state index contributed by atoms with van der Waals surface area (Å²) in [6, 6.07) is 29.0. The molecule has 0 N–H and O–H groups in total. The van der Waals surface area contributed by atoms with Crippen LogP contribution in [0.4, 0.5) is 0 Å². The van der Waals surface area contributed by atoms with Crippen molar-refractivity contribution in [3.8, 4) is 0 Å². The molecule has 99 heavy (non-hydrogen) atoms. The van der Waals surface area contributed by atoms with Crippen LogP contribution in [0.25, 0.3) is 32.3 Å². The molecule has 11 fully saturated rings. The number of Topliss-reactive ketones (excluding diaryl/α,β-unsaturated/α-hetero) is 1. The summed E-state index contributed by atoms with van der Waals surface area (Å²) in [5, 5.41) is 7.64. The zero-order valence-corrected chi connectivity index (χ0v) is 59.1. The second-order valence-electron chi connectivity index (χ2n) is 35.9. The summed E-state index contributed by atoms with van der Waals surface area (Å²) < 4.78 is 22.1. The van der Waals surface area contributed by atoms with Crippen LogP contribution >= 0.6 is 0 Å². The first-order chi connectivity index (χ1) is 48.2. The maximum absolute atomic E-state index is 12.4. The molecule has 8 aliphatic heterocycles. The Kier molecular flexibility index (Phi) is 13.6. The van der Waals surface area contributed by atoms with Crippen LogP contribution < -0.4 is 0 Å².